The van der Waals surface area contributed by atoms with Crippen molar-refractivity contribution in [3.8, 4) is 22.5 Å². The molecule has 8 nitrogen and oxygen atoms in total. The lowest BCUT2D eigenvalue weighted by Crippen LogP contribution is -2.23. The number of amides is 2. The summed E-state index contributed by atoms with van der Waals surface area (Å²) >= 11 is 0. The van der Waals surface area contributed by atoms with Crippen LogP contribution in [0.3, 0.4) is 0 Å². The van der Waals surface area contributed by atoms with Crippen molar-refractivity contribution in [1.29, 1.82) is 0 Å². The van der Waals surface area contributed by atoms with Gasteiger partial charge >= 0.3 is 5.97 Å². The van der Waals surface area contributed by atoms with Crippen LogP contribution in [0.1, 0.15) is 114 Å². The predicted molar refractivity (Wildman–Crippen MR) is 196 cm³/mol. The molecule has 48 heavy (non-hydrogen) atoms. The van der Waals surface area contributed by atoms with Crippen LogP contribution in [-0.2, 0) is 14.4 Å². The summed E-state index contributed by atoms with van der Waals surface area (Å²) < 4.78 is 0. The Morgan fingerprint density at radius 1 is 0.646 bits per heavy atom. The zero-order valence-electron chi connectivity index (χ0n) is 28.6. The molecule has 0 radical (unpaired) electrons. The number of carbonyl (C=O) groups excluding carboxylic acids is 2. The maximum atomic E-state index is 12.3. The van der Waals surface area contributed by atoms with Crippen LogP contribution in [-0.4, -0.2) is 45.9 Å². The third-order valence-electron chi connectivity index (χ3n) is 8.34. The molecular weight excluding hydrogens is 600 g/mol. The summed E-state index contributed by atoms with van der Waals surface area (Å²) in [5.74, 6) is -1.36. The van der Waals surface area contributed by atoms with Crippen molar-refractivity contribution in [2.75, 3.05) is 13.1 Å². The minimum atomic E-state index is -0.953. The van der Waals surface area contributed by atoms with Gasteiger partial charge in [-0.15, -0.1) is 0 Å². The minimum absolute atomic E-state index is 0.0678. The van der Waals surface area contributed by atoms with Gasteiger partial charge in [-0.3, -0.25) is 14.4 Å². The van der Waals surface area contributed by atoms with Gasteiger partial charge in [0.25, 0.3) is 0 Å². The van der Waals surface area contributed by atoms with Gasteiger partial charge in [0.05, 0.1) is 24.1 Å². The number of imidazole rings is 1. The molecule has 0 aliphatic carbocycles. The molecule has 0 bridgehead atoms. The zero-order chi connectivity index (χ0) is 34.2. The smallest absolute Gasteiger partial charge is 0.305 e. The first kappa shape index (κ1) is 38.0. The summed E-state index contributed by atoms with van der Waals surface area (Å²) in [5.41, 5.74) is 5.37. The Bertz CT molecular complexity index is 1420. The molecule has 8 heteroatoms. The highest BCUT2D eigenvalue weighted by Gasteiger charge is 2.10. The van der Waals surface area contributed by atoms with Gasteiger partial charge in [0, 0.05) is 36.4 Å². The number of aromatic amines is 1. The molecule has 2 aromatic carbocycles. The Kier molecular flexibility index (Phi) is 18.2. The number of carbonyl (C=O) groups is 3. The third-order valence-corrected chi connectivity index (χ3v) is 8.34. The molecule has 3 rings (SSSR count). The van der Waals surface area contributed by atoms with Gasteiger partial charge in [-0.25, -0.2) is 4.98 Å². The van der Waals surface area contributed by atoms with Gasteiger partial charge in [-0.1, -0.05) is 139 Å². The van der Waals surface area contributed by atoms with Gasteiger partial charge < -0.3 is 20.7 Å². The number of unbranched alkanes of at least 4 members (excludes halogenated alkanes) is 13. The SMILES string of the molecule is CCCCCCCCCCCCCCCCNC(=O)C=Cc1ccc(-c2[nH]cnc2-c2ccc(C=CC(=O)NCCC(=O)O)cc2)cc1. The summed E-state index contributed by atoms with van der Waals surface area (Å²) in [4.78, 5) is 42.5. The highest BCUT2D eigenvalue weighted by atomic mass is 16.4. The van der Waals surface area contributed by atoms with Crippen LogP contribution < -0.4 is 10.6 Å². The largest absolute Gasteiger partial charge is 0.481 e. The first-order valence-corrected chi connectivity index (χ1v) is 17.8. The van der Waals surface area contributed by atoms with E-state index in [2.05, 4.69) is 27.5 Å². The Labute approximate surface area is 286 Å². The fourth-order valence-corrected chi connectivity index (χ4v) is 5.53. The van der Waals surface area contributed by atoms with E-state index in [9.17, 15) is 14.4 Å². The van der Waals surface area contributed by atoms with E-state index in [0.29, 0.717) is 6.54 Å². The molecule has 4 N–H and O–H groups in total. The monoisotopic (exact) mass is 654 g/mol. The molecule has 0 spiro atoms. The molecule has 2 amide bonds. The van der Waals surface area contributed by atoms with Crippen LogP contribution in [0.4, 0.5) is 0 Å². The topological polar surface area (TPSA) is 124 Å². The average molecular weight is 655 g/mol. The summed E-state index contributed by atoms with van der Waals surface area (Å²) in [6.07, 6.45) is 26.6. The van der Waals surface area contributed by atoms with Crippen LogP contribution >= 0.6 is 0 Å². The van der Waals surface area contributed by atoms with Gasteiger partial charge in [0.2, 0.25) is 11.8 Å². The molecule has 0 unspecified atom stereocenters. The van der Waals surface area contributed by atoms with Crippen molar-refractivity contribution >= 4 is 29.9 Å². The van der Waals surface area contributed by atoms with E-state index < -0.39 is 5.97 Å². The molecular formula is C40H54N4O4. The molecule has 0 atom stereocenters. The zero-order valence-corrected chi connectivity index (χ0v) is 28.6. The number of aliphatic carboxylic acids is 1. The van der Waals surface area contributed by atoms with Crippen LogP contribution in [0, 0.1) is 0 Å². The number of nitrogens with zero attached hydrogens (tertiary/aromatic N) is 1. The van der Waals surface area contributed by atoms with E-state index in [1.165, 1.54) is 83.1 Å². The standard InChI is InChI=1S/C40H54N4O4/c1-2-3-4-5-6-7-8-9-10-11-12-13-14-15-29-41-36(45)26-20-32-16-22-34(23-17-32)39-40(44-31-43-39)35-24-18-33(19-25-35)21-27-37(46)42-30-28-38(47)48/h16-27,31H,2-15,28-30H2,1H3,(H,41,45)(H,42,46)(H,43,44)(H,47,48). The van der Waals surface area contributed by atoms with Crippen LogP contribution in [0.15, 0.2) is 67.0 Å². The van der Waals surface area contributed by atoms with Gasteiger partial charge in [-0.05, 0) is 29.7 Å². The molecule has 1 heterocycles. The lowest BCUT2D eigenvalue weighted by Gasteiger charge is -2.05. The number of hydrogen-bond donors (Lipinski definition) is 4. The molecule has 1 aromatic heterocycles. The second kappa shape index (κ2) is 23.0. The minimum Gasteiger partial charge on any atom is -0.481 e. The fraction of sp³-hybridized carbons (Fsp3) is 0.450. The summed E-state index contributed by atoms with van der Waals surface area (Å²) in [7, 11) is 0. The van der Waals surface area contributed by atoms with Crippen LogP contribution in [0.2, 0.25) is 0 Å². The number of nitrogens with one attached hydrogen (secondary N) is 3. The quantitative estimate of drug-likeness (QED) is 0.0567. The highest BCUT2D eigenvalue weighted by molar-refractivity contribution is 5.92. The molecule has 0 fully saturated rings. The van der Waals surface area contributed by atoms with Gasteiger partial charge in [0.1, 0.15) is 0 Å². The van der Waals surface area contributed by atoms with Crippen molar-refractivity contribution in [3.05, 3.63) is 78.1 Å². The van der Waals surface area contributed by atoms with Crippen molar-refractivity contribution in [3.63, 3.8) is 0 Å². The van der Waals surface area contributed by atoms with Crippen molar-refractivity contribution in [2.24, 2.45) is 0 Å². The van der Waals surface area contributed by atoms with Gasteiger partial charge in [0.15, 0.2) is 0 Å². The van der Waals surface area contributed by atoms with Crippen LogP contribution in [0.25, 0.3) is 34.7 Å². The molecule has 0 aliphatic heterocycles. The average Bonchev–Trinajstić information content (AvgIpc) is 3.58. The maximum absolute atomic E-state index is 12.3. The highest BCUT2D eigenvalue weighted by Crippen LogP contribution is 2.29. The number of aromatic nitrogens is 2. The molecule has 0 aliphatic rings. The fourth-order valence-electron chi connectivity index (χ4n) is 5.53. The summed E-state index contributed by atoms with van der Waals surface area (Å²) in [6.45, 7) is 3.07. The Balaban J connectivity index is 1.33. The molecule has 258 valence electrons. The van der Waals surface area contributed by atoms with E-state index in [4.69, 9.17) is 5.11 Å². The summed E-state index contributed by atoms with van der Waals surface area (Å²) in [5, 5.41) is 14.2. The second-order valence-electron chi connectivity index (χ2n) is 12.4. The van der Waals surface area contributed by atoms with E-state index in [0.717, 1.165) is 46.5 Å². The first-order chi connectivity index (χ1) is 23.5. The third kappa shape index (κ3) is 15.4. The number of H-pyrrole nitrogens is 1. The first-order valence-electron chi connectivity index (χ1n) is 17.8. The van der Waals surface area contributed by atoms with E-state index in [1.54, 1.807) is 18.5 Å². The van der Waals surface area contributed by atoms with Crippen LogP contribution in [0.5, 0.6) is 0 Å². The normalized spacial score (nSPS) is 11.4. The maximum Gasteiger partial charge on any atom is 0.305 e. The lowest BCUT2D eigenvalue weighted by molar-refractivity contribution is -0.136. The van der Waals surface area contributed by atoms with Crippen molar-refractivity contribution in [2.45, 2.75) is 103 Å². The number of hydrogen-bond acceptors (Lipinski definition) is 4. The number of benzene rings is 2. The number of carboxylic acid groups (broad SMARTS) is 1. The second-order valence-corrected chi connectivity index (χ2v) is 12.4. The Morgan fingerprint density at radius 3 is 1.60 bits per heavy atom. The van der Waals surface area contributed by atoms with Crippen molar-refractivity contribution < 1.29 is 19.5 Å². The molecule has 0 saturated heterocycles. The molecule has 3 aromatic rings. The lowest BCUT2D eigenvalue weighted by atomic mass is 10.0. The Morgan fingerprint density at radius 2 is 1.10 bits per heavy atom. The summed E-state index contributed by atoms with van der Waals surface area (Å²) in [6, 6.07) is 15.6. The Hall–Kier alpha value is -4.46. The van der Waals surface area contributed by atoms with Gasteiger partial charge in [-0.2, -0.15) is 0 Å². The van der Waals surface area contributed by atoms with Crippen molar-refractivity contribution in [1.82, 2.24) is 20.6 Å². The number of rotatable bonds is 24. The number of carboxylic acids is 1. The molecule has 0 saturated carbocycles. The van der Waals surface area contributed by atoms with E-state index in [-0.39, 0.29) is 24.8 Å². The van der Waals surface area contributed by atoms with E-state index in [1.807, 2.05) is 54.6 Å². The van der Waals surface area contributed by atoms with E-state index >= 15 is 0 Å². The predicted octanol–water partition coefficient (Wildman–Crippen LogP) is 8.96.